The largest absolute Gasteiger partial charge is 0.508 e. The van der Waals surface area contributed by atoms with Crippen molar-refractivity contribution in [3.63, 3.8) is 0 Å². The van der Waals surface area contributed by atoms with Crippen LogP contribution in [0.1, 0.15) is 129 Å². The van der Waals surface area contributed by atoms with E-state index in [1.54, 1.807) is 58.0 Å². The molecule has 0 saturated carbocycles. The van der Waals surface area contributed by atoms with Gasteiger partial charge in [-0.25, -0.2) is 0 Å². The van der Waals surface area contributed by atoms with Gasteiger partial charge < -0.3 is 100.0 Å². The molecule has 36 heteroatoms. The van der Waals surface area contributed by atoms with Gasteiger partial charge in [-0.3, -0.25) is 72.1 Å². The summed E-state index contributed by atoms with van der Waals surface area (Å²) in [6, 6.07) is 0.984. The van der Waals surface area contributed by atoms with Gasteiger partial charge in [-0.15, -0.1) is 0 Å². The summed E-state index contributed by atoms with van der Waals surface area (Å²) in [5.41, 5.74) is 12.6. The first-order valence-corrected chi connectivity index (χ1v) is 41.1. The van der Waals surface area contributed by atoms with Crippen LogP contribution in [0.2, 0.25) is 0 Å². The lowest BCUT2D eigenvalue weighted by Gasteiger charge is -2.35. The zero-order valence-corrected chi connectivity index (χ0v) is 66.2. The van der Waals surface area contributed by atoms with Crippen LogP contribution in [0.4, 0.5) is 0 Å². The summed E-state index contributed by atoms with van der Waals surface area (Å²) in [7, 11) is 1.82. The number of carbonyl (C=O) groups is 14. The molecule has 113 heavy (non-hydrogen) atoms. The number of phenolic OH excluding ortho intramolecular Hbond substituents is 2. The Labute approximate surface area is 664 Å². The highest BCUT2D eigenvalue weighted by Gasteiger charge is 2.47. The summed E-state index contributed by atoms with van der Waals surface area (Å²) in [6.07, 6.45) is 0.948. The molecule has 3 aromatic carbocycles. The van der Waals surface area contributed by atoms with Crippen LogP contribution in [-0.2, 0) is 86.4 Å². The molecule has 0 aromatic heterocycles. The number of carbonyl (C=O) groups excluding carboxylic acids is 14. The zero-order chi connectivity index (χ0) is 82.2. The van der Waals surface area contributed by atoms with Gasteiger partial charge in [0.15, 0.2) is 5.96 Å². The van der Waals surface area contributed by atoms with Gasteiger partial charge in [0.05, 0.1) is 13.2 Å². The Hall–Kier alpha value is -10.2. The summed E-state index contributed by atoms with van der Waals surface area (Å²) in [5.74, 6) is -14.5. The molecule has 18 N–H and O–H groups in total. The Balaban J connectivity index is 1.25. The molecule has 5 saturated heterocycles. The van der Waals surface area contributed by atoms with Crippen LogP contribution in [0.5, 0.6) is 11.5 Å². The molecule has 3 aromatic rings. The van der Waals surface area contributed by atoms with E-state index in [2.05, 4.69) is 63.5 Å². The van der Waals surface area contributed by atoms with E-state index >= 15 is 38.4 Å². The van der Waals surface area contributed by atoms with Gasteiger partial charge in [0.2, 0.25) is 82.7 Å². The Kier molecular flexibility index (Phi) is 33.3. The van der Waals surface area contributed by atoms with Crippen LogP contribution >= 0.6 is 21.6 Å². The molecule has 5 aliphatic heterocycles. The van der Waals surface area contributed by atoms with E-state index in [1.165, 1.54) is 63.2 Å². The number of aliphatic hydroxyl groups is 1. The highest BCUT2D eigenvalue weighted by atomic mass is 33.1. The second-order valence-corrected chi connectivity index (χ2v) is 32.7. The van der Waals surface area contributed by atoms with Gasteiger partial charge in [-0.2, -0.15) is 0 Å². The first-order chi connectivity index (χ1) is 53.9. The van der Waals surface area contributed by atoms with Crippen LogP contribution < -0.4 is 70.0 Å². The molecule has 34 nitrogen and oxygen atoms in total. The van der Waals surface area contributed by atoms with Crippen molar-refractivity contribution in [1.29, 1.82) is 0 Å². The summed E-state index contributed by atoms with van der Waals surface area (Å²) in [4.78, 5) is 217. The molecule has 5 aliphatic rings. The zero-order valence-electron chi connectivity index (χ0n) is 64.6. The number of benzene rings is 3. The fraction of sp³-hybridized carbons (Fsp3) is 0.571. The smallest absolute Gasteiger partial charge is 0.246 e. The second-order valence-electron chi connectivity index (χ2n) is 30.2. The third-order valence-electron chi connectivity index (χ3n) is 20.5. The number of amides is 14. The highest BCUT2D eigenvalue weighted by molar-refractivity contribution is 8.76. The monoisotopic (exact) mass is 1610 g/mol. The minimum Gasteiger partial charge on any atom is -0.508 e. The first-order valence-electron chi connectivity index (χ1n) is 38.6. The minimum atomic E-state index is -1.79. The number of phenols is 2. The minimum absolute atomic E-state index is 0.000709. The molecule has 616 valence electrons. The van der Waals surface area contributed by atoms with Crippen molar-refractivity contribution in [2.75, 3.05) is 50.8 Å². The van der Waals surface area contributed by atoms with Crippen molar-refractivity contribution in [1.82, 2.24) is 73.2 Å². The van der Waals surface area contributed by atoms with E-state index in [4.69, 9.17) is 11.5 Å². The van der Waals surface area contributed by atoms with E-state index in [0.717, 1.165) is 21.6 Å². The number of aliphatic hydroxyl groups excluding tert-OH is 1. The number of rotatable bonds is 17. The van der Waals surface area contributed by atoms with Gasteiger partial charge in [0, 0.05) is 56.9 Å². The number of nitrogens with one attached hydrogen (secondary N) is 11. The lowest BCUT2D eigenvalue weighted by Crippen LogP contribution is -2.62. The average molecular weight is 1610 g/mol. The molecule has 5 heterocycles. The SMILES string of the molecule is CC[C@H](C)[C@@H]1NC(=O)[C@H](CO)NC(=O)[C@H](Cc2ccc(O)cc2)NC(=O)[C@H](Cc2ccc(O)cc2)NC(=O)[C@@H]2CSSC[C@H](NC(=O)[C@H](CC(C)C)NC(=O)[C@@H]3CCCN3C(=O)[C@@H]3CCCN3C1=O)C(=O)N[C@@H](CC(C)C)C(=O)N1CCC[C@H]1C(=O)N[C@@H](Cc1ccccc1)C(=O)NCC(=O)N[C@@H](CCCN=C(N)N)C(=O)N2. The van der Waals surface area contributed by atoms with Crippen molar-refractivity contribution in [3.8, 4) is 11.5 Å². The Morgan fingerprint density at radius 3 is 1.38 bits per heavy atom. The van der Waals surface area contributed by atoms with Crippen molar-refractivity contribution in [2.45, 2.75) is 210 Å². The molecule has 0 radical (unpaired) electrons. The number of nitrogens with two attached hydrogens (primary N) is 2. The molecule has 0 aliphatic carbocycles. The predicted octanol–water partition coefficient (Wildman–Crippen LogP) is -1.34. The lowest BCUT2D eigenvalue weighted by molar-refractivity contribution is -0.149. The molecular formula is C77H109N17O17S2. The number of hydrogen-bond acceptors (Lipinski definition) is 20. The van der Waals surface area contributed by atoms with Crippen molar-refractivity contribution < 1.29 is 82.4 Å². The van der Waals surface area contributed by atoms with E-state index in [-0.39, 0.29) is 125 Å². The summed E-state index contributed by atoms with van der Waals surface area (Å²) in [6.45, 7) is 9.09. The third kappa shape index (κ3) is 25.6. The Bertz CT molecular complexity index is 3890. The van der Waals surface area contributed by atoms with Crippen LogP contribution in [0.15, 0.2) is 83.9 Å². The molecule has 0 unspecified atom stereocenters. The second kappa shape index (κ2) is 42.6. The number of guanidine groups is 1. The van der Waals surface area contributed by atoms with E-state index in [1.807, 2.05) is 13.8 Å². The summed E-state index contributed by atoms with van der Waals surface area (Å²) >= 11 is 0. The van der Waals surface area contributed by atoms with Gasteiger partial charge in [-0.1, -0.05) is 124 Å². The number of hydrogen-bond donors (Lipinski definition) is 16. The van der Waals surface area contributed by atoms with E-state index in [9.17, 15) is 44.1 Å². The molecule has 14 amide bonds. The fourth-order valence-corrected chi connectivity index (χ4v) is 16.6. The van der Waals surface area contributed by atoms with E-state index in [0.29, 0.717) is 42.4 Å². The van der Waals surface area contributed by atoms with Gasteiger partial charge in [0.1, 0.15) is 90.0 Å². The predicted molar refractivity (Wildman–Crippen MR) is 421 cm³/mol. The highest BCUT2D eigenvalue weighted by Crippen LogP contribution is 2.30. The maximum Gasteiger partial charge on any atom is 0.246 e. The van der Waals surface area contributed by atoms with Crippen molar-refractivity contribution >= 4 is 110 Å². The van der Waals surface area contributed by atoms with E-state index < -0.39 is 186 Å². The standard InChI is InChI=1S/C77H109N17O17S2/c1-7-44(6)63-76(111)94-32-14-20-61(94)75(110)93-31-13-19-60(93)73(108)85-51(33-42(2)3)66(101)90-58-41-113-112-40-57(70(105)84-53(36-46-21-25-48(96)26-22-46)67(102)83-54(37-47-23-27-49(97)28-24-47)68(103)88-56(39-95)69(104)91-63)89-65(100)50(17-11-29-80-77(78)79)82-62(98)38-81-64(99)52(35-45-15-9-8-10-16-45)86-72(107)59-18-12-30-92(59)74(109)55(34-43(4)5)87-71(58)106/h8-10,15-16,21-28,42-44,50-61,63,95-97H,7,11-14,17-20,29-41H2,1-6H3,(H,81,99)(H,82,98)(H,83,102)(H,84,105)(H,85,108)(H,86,107)(H,87,106)(H,88,103)(H,89,100)(H,90,101)(H,91,104)(H4,78,79,80)/t44-,50-,51-,52-,53-,54-,55-,56-,57-,58-,59-,60-,61-,63-/m0/s1. The molecule has 8 rings (SSSR count). The lowest BCUT2D eigenvalue weighted by atomic mass is 9.96. The van der Waals surface area contributed by atoms with Gasteiger partial charge in [-0.05, 0) is 123 Å². The maximum atomic E-state index is 15.5. The summed E-state index contributed by atoms with van der Waals surface area (Å²) in [5, 5.41) is 61.5. The summed E-state index contributed by atoms with van der Waals surface area (Å²) < 4.78 is 0. The quantitative estimate of drug-likeness (QED) is 0.0322. The molecule has 0 spiro atoms. The van der Waals surface area contributed by atoms with Gasteiger partial charge >= 0.3 is 0 Å². The maximum absolute atomic E-state index is 15.5. The average Bonchev–Trinajstić information content (AvgIpc) is 1.68. The van der Waals surface area contributed by atoms with Crippen molar-refractivity contribution in [3.05, 3.63) is 95.6 Å². The van der Waals surface area contributed by atoms with Crippen LogP contribution in [0.25, 0.3) is 0 Å². The Morgan fingerprint density at radius 1 is 0.460 bits per heavy atom. The van der Waals surface area contributed by atoms with Gasteiger partial charge in [0.25, 0.3) is 0 Å². The molecule has 2 bridgehead atoms. The molecule has 14 atom stereocenters. The first kappa shape index (κ1) is 88.3. The molecular weight excluding hydrogens is 1500 g/mol. The van der Waals surface area contributed by atoms with Crippen LogP contribution in [0, 0.1) is 17.8 Å². The fourth-order valence-electron chi connectivity index (χ4n) is 14.3. The third-order valence-corrected chi connectivity index (χ3v) is 22.9. The normalized spacial score (nSPS) is 26.8. The van der Waals surface area contributed by atoms with Crippen molar-refractivity contribution in [2.24, 2.45) is 34.2 Å². The Morgan fingerprint density at radius 2 is 0.876 bits per heavy atom. The number of fused-ring (bicyclic) bond motifs is 8. The number of aromatic hydroxyl groups is 2. The van der Waals surface area contributed by atoms with Crippen LogP contribution in [0.3, 0.4) is 0 Å². The topological polar surface area (TPSA) is 506 Å². The number of aliphatic imine (C=N–C) groups is 1. The van der Waals surface area contributed by atoms with Crippen LogP contribution in [-0.4, -0.2) is 248 Å². The molecule has 5 fully saturated rings. The number of nitrogens with zero attached hydrogens (tertiary/aromatic N) is 4.